The quantitative estimate of drug-likeness (QED) is 0.0748. The van der Waals surface area contributed by atoms with Crippen LogP contribution in [0.25, 0.3) is 21.8 Å². The number of aryl methyl sites for hydroxylation is 1. The summed E-state index contributed by atoms with van der Waals surface area (Å²) in [6, 6.07) is 16.1. The molecule has 0 saturated carbocycles. The van der Waals surface area contributed by atoms with Crippen LogP contribution < -0.4 is 18.8 Å². The Morgan fingerprint density at radius 1 is 0.857 bits per heavy atom. The maximum Gasteiger partial charge on any atom is 0.345 e. The number of ether oxygens (including phenoxy) is 3. The standard InChI is InChI=1S/C30H25Br2N2O8/c1-39-17-8-10-23-19(15-17)28(30(38)41-29-21(31)5-3-6-22(29)32)20-16-18(40-2)9-11-24(20)33(23)14-4-7-27(37)42-34-25(35)12-13-26(34)36/h3,5-6,8-11,15-16H,4,7,12-14H2,1-2H3/q+1. The molecule has 0 radical (unpaired) electrons. The highest BCUT2D eigenvalue weighted by Crippen LogP contribution is 2.36. The minimum absolute atomic E-state index is 0.0276. The predicted molar refractivity (Wildman–Crippen MR) is 158 cm³/mol. The van der Waals surface area contributed by atoms with E-state index in [2.05, 4.69) is 31.9 Å². The Morgan fingerprint density at radius 3 is 1.93 bits per heavy atom. The van der Waals surface area contributed by atoms with E-state index in [1.165, 1.54) is 14.2 Å². The minimum Gasteiger partial charge on any atom is -0.497 e. The number of hydrogen-bond acceptors (Lipinski definition) is 8. The van der Waals surface area contributed by atoms with Crippen molar-refractivity contribution in [3.63, 3.8) is 0 Å². The number of fused-ring (bicyclic) bond motifs is 2. The molecule has 1 aliphatic heterocycles. The van der Waals surface area contributed by atoms with Gasteiger partial charge in [-0.1, -0.05) is 6.07 Å². The number of halogens is 2. The monoisotopic (exact) mass is 699 g/mol. The molecule has 0 aliphatic carbocycles. The third-order valence-electron chi connectivity index (χ3n) is 6.81. The van der Waals surface area contributed by atoms with Gasteiger partial charge in [0.25, 0.3) is 11.8 Å². The number of aromatic nitrogens is 1. The lowest BCUT2D eigenvalue weighted by atomic mass is 10.0. The second-order valence-corrected chi connectivity index (χ2v) is 11.1. The molecule has 0 spiro atoms. The molecule has 0 bridgehead atoms. The Labute approximate surface area is 257 Å². The van der Waals surface area contributed by atoms with Crippen molar-refractivity contribution in [1.29, 1.82) is 0 Å². The third-order valence-corrected chi connectivity index (χ3v) is 8.06. The first kappa shape index (κ1) is 29.5. The van der Waals surface area contributed by atoms with Gasteiger partial charge in [0.05, 0.1) is 45.9 Å². The Kier molecular flexibility index (Phi) is 8.74. The fraction of sp³-hybridized carbons (Fsp3) is 0.233. The lowest BCUT2D eigenvalue weighted by Gasteiger charge is -2.15. The zero-order valence-corrected chi connectivity index (χ0v) is 25.8. The summed E-state index contributed by atoms with van der Waals surface area (Å²) in [5.74, 6) is -0.920. The number of hydrogen-bond donors (Lipinski definition) is 0. The molecular weight excluding hydrogens is 676 g/mol. The van der Waals surface area contributed by atoms with Gasteiger partial charge in [-0.3, -0.25) is 9.59 Å². The molecule has 4 aromatic rings. The molecule has 1 saturated heterocycles. The van der Waals surface area contributed by atoms with Crippen LogP contribution >= 0.6 is 31.9 Å². The number of hydroxylamine groups is 2. The van der Waals surface area contributed by atoms with Gasteiger partial charge in [0, 0.05) is 31.4 Å². The Balaban J connectivity index is 1.56. The molecular formula is C30H25Br2N2O8+. The van der Waals surface area contributed by atoms with E-state index < -0.39 is 23.8 Å². The fourth-order valence-electron chi connectivity index (χ4n) is 4.80. The van der Waals surface area contributed by atoms with E-state index in [9.17, 15) is 19.2 Å². The molecule has 1 aliphatic rings. The van der Waals surface area contributed by atoms with Gasteiger partial charge >= 0.3 is 11.9 Å². The van der Waals surface area contributed by atoms with E-state index in [4.69, 9.17) is 19.0 Å². The average molecular weight is 701 g/mol. The van der Waals surface area contributed by atoms with Crippen molar-refractivity contribution in [1.82, 2.24) is 5.06 Å². The number of benzene rings is 3. The predicted octanol–water partition coefficient (Wildman–Crippen LogP) is 5.43. The zero-order chi connectivity index (χ0) is 30.0. The maximum absolute atomic E-state index is 13.9. The molecule has 12 heteroatoms. The van der Waals surface area contributed by atoms with Crippen LogP contribution in [0.5, 0.6) is 17.2 Å². The molecule has 3 aromatic carbocycles. The van der Waals surface area contributed by atoms with Gasteiger partial charge in [-0.25, -0.2) is 9.59 Å². The molecule has 42 heavy (non-hydrogen) atoms. The van der Waals surface area contributed by atoms with Crippen LogP contribution in [0, 0.1) is 0 Å². The summed E-state index contributed by atoms with van der Waals surface area (Å²) in [6.45, 7) is 0.355. The van der Waals surface area contributed by atoms with Crippen LogP contribution in [-0.4, -0.2) is 43.0 Å². The number of nitrogens with zero attached hydrogens (tertiary/aromatic N) is 2. The van der Waals surface area contributed by atoms with E-state index in [0.717, 1.165) is 0 Å². The van der Waals surface area contributed by atoms with Crippen molar-refractivity contribution < 1.29 is 42.8 Å². The fourth-order valence-corrected chi connectivity index (χ4v) is 5.96. The Hall–Kier alpha value is -4.03. The molecule has 1 aromatic heterocycles. The Morgan fingerprint density at radius 2 is 1.40 bits per heavy atom. The third kappa shape index (κ3) is 5.82. The van der Waals surface area contributed by atoms with E-state index >= 15 is 0 Å². The number of amides is 2. The number of methoxy groups -OCH3 is 2. The second kappa shape index (κ2) is 12.5. The van der Waals surface area contributed by atoms with Gasteiger partial charge in [-0.15, -0.1) is 5.06 Å². The molecule has 1 fully saturated rings. The molecule has 0 atom stereocenters. The highest BCUT2D eigenvalue weighted by Gasteiger charge is 2.33. The molecule has 10 nitrogen and oxygen atoms in total. The van der Waals surface area contributed by atoms with Crippen molar-refractivity contribution >= 4 is 77.4 Å². The van der Waals surface area contributed by atoms with Crippen molar-refractivity contribution in [2.45, 2.75) is 32.2 Å². The van der Waals surface area contributed by atoms with Crippen LogP contribution in [0.1, 0.15) is 36.0 Å². The highest BCUT2D eigenvalue weighted by atomic mass is 79.9. The topological polar surface area (TPSA) is 112 Å². The average Bonchev–Trinajstić information content (AvgIpc) is 3.30. The number of imide groups is 1. The maximum atomic E-state index is 13.9. The van der Waals surface area contributed by atoms with Gasteiger partial charge in [0.1, 0.15) is 18.0 Å². The summed E-state index contributed by atoms with van der Waals surface area (Å²) < 4.78 is 20.1. The van der Waals surface area contributed by atoms with Crippen molar-refractivity contribution in [2.75, 3.05) is 14.2 Å². The summed E-state index contributed by atoms with van der Waals surface area (Å²) in [4.78, 5) is 55.0. The molecule has 0 unspecified atom stereocenters. The number of carbonyl (C=O) groups is 4. The van der Waals surface area contributed by atoms with Crippen molar-refractivity contribution in [3.05, 3.63) is 69.1 Å². The highest BCUT2D eigenvalue weighted by molar-refractivity contribution is 9.11. The van der Waals surface area contributed by atoms with E-state index in [1.807, 2.05) is 22.8 Å². The second-order valence-electron chi connectivity index (χ2n) is 9.38. The number of esters is 1. The lowest BCUT2D eigenvalue weighted by Crippen LogP contribution is -2.37. The first-order chi connectivity index (χ1) is 20.2. The van der Waals surface area contributed by atoms with E-state index in [-0.39, 0.29) is 19.3 Å². The van der Waals surface area contributed by atoms with Crippen LogP contribution in [0.2, 0.25) is 0 Å². The van der Waals surface area contributed by atoms with Crippen LogP contribution in [0.4, 0.5) is 0 Å². The zero-order valence-electron chi connectivity index (χ0n) is 22.6. The van der Waals surface area contributed by atoms with Crippen LogP contribution in [0.15, 0.2) is 63.5 Å². The van der Waals surface area contributed by atoms with Crippen LogP contribution in [0.3, 0.4) is 0 Å². The molecule has 0 N–H and O–H groups in total. The van der Waals surface area contributed by atoms with Gasteiger partial charge in [0.2, 0.25) is 11.0 Å². The number of pyridine rings is 1. The summed E-state index contributed by atoms with van der Waals surface area (Å²) >= 11 is 6.90. The largest absolute Gasteiger partial charge is 0.497 e. The molecule has 216 valence electrons. The van der Waals surface area contributed by atoms with Gasteiger partial charge in [-0.05, 0) is 68.3 Å². The summed E-state index contributed by atoms with van der Waals surface area (Å²) in [6.07, 6.45) is 0.342. The van der Waals surface area contributed by atoms with Gasteiger partial charge < -0.3 is 19.0 Å². The van der Waals surface area contributed by atoms with Gasteiger partial charge in [0.15, 0.2) is 5.75 Å². The van der Waals surface area contributed by atoms with E-state index in [1.54, 1.807) is 36.4 Å². The summed E-state index contributed by atoms with van der Waals surface area (Å²) in [5.41, 5.74) is 1.71. The van der Waals surface area contributed by atoms with Crippen molar-refractivity contribution in [3.8, 4) is 17.2 Å². The number of rotatable bonds is 9. The van der Waals surface area contributed by atoms with Crippen molar-refractivity contribution in [2.24, 2.45) is 0 Å². The summed E-state index contributed by atoms with van der Waals surface area (Å²) in [5, 5.41) is 1.68. The number of para-hydroxylation sites is 1. The first-order valence-corrected chi connectivity index (χ1v) is 14.5. The van der Waals surface area contributed by atoms with E-state index in [0.29, 0.717) is 71.6 Å². The van der Waals surface area contributed by atoms with Crippen LogP contribution in [-0.2, 0) is 25.8 Å². The van der Waals surface area contributed by atoms with Gasteiger partial charge in [-0.2, -0.15) is 4.57 Å². The summed E-state index contributed by atoms with van der Waals surface area (Å²) in [7, 11) is 3.08. The molecule has 2 amide bonds. The number of carbonyl (C=O) groups excluding carboxylic acids is 4. The molecule has 5 rings (SSSR count). The lowest BCUT2D eigenvalue weighted by molar-refractivity contribution is -0.645. The SMILES string of the molecule is COc1ccc2c(c1)c(C(=O)Oc1c(Br)cccc1Br)c1cc(OC)ccc1[n+]2CCCC(=O)ON1C(=O)CCC1=O. The smallest absolute Gasteiger partial charge is 0.345 e. The Bertz CT molecular complexity index is 1660. The molecule has 2 heterocycles. The first-order valence-electron chi connectivity index (χ1n) is 13.0. The normalized spacial score (nSPS) is 13.1. The minimum atomic E-state index is -0.685.